The van der Waals surface area contributed by atoms with Crippen LogP contribution < -0.4 is 9.47 Å². The summed E-state index contributed by atoms with van der Waals surface area (Å²) in [4.78, 5) is 22.4. The SMILES string of the molecule is COc1ccc2nc(OC(=O)N([C@H]3CCC[C@@H]3CN=[N+]=[N-])C(C)(C)C)cc(C)c2c1. The van der Waals surface area contributed by atoms with Crippen molar-refractivity contribution in [3.8, 4) is 11.6 Å². The number of ether oxygens (including phenoxy) is 2. The maximum atomic E-state index is 13.3. The zero-order valence-corrected chi connectivity index (χ0v) is 18.3. The van der Waals surface area contributed by atoms with E-state index >= 15 is 0 Å². The number of aromatic nitrogens is 1. The first-order valence-corrected chi connectivity index (χ1v) is 10.2. The number of benzene rings is 1. The molecule has 0 spiro atoms. The second-order valence-electron chi connectivity index (χ2n) is 8.74. The van der Waals surface area contributed by atoms with Crippen LogP contribution in [-0.2, 0) is 0 Å². The second kappa shape index (κ2) is 8.79. The van der Waals surface area contributed by atoms with Crippen LogP contribution in [0.25, 0.3) is 21.3 Å². The number of carbonyl (C=O) groups is 1. The van der Waals surface area contributed by atoms with Gasteiger partial charge in [-0.2, -0.15) is 0 Å². The molecule has 0 bridgehead atoms. The minimum Gasteiger partial charge on any atom is -0.497 e. The summed E-state index contributed by atoms with van der Waals surface area (Å²) in [6, 6.07) is 7.35. The molecule has 1 aromatic heterocycles. The van der Waals surface area contributed by atoms with Gasteiger partial charge in [-0.1, -0.05) is 11.5 Å². The van der Waals surface area contributed by atoms with Crippen LogP contribution in [0, 0.1) is 12.8 Å². The summed E-state index contributed by atoms with van der Waals surface area (Å²) in [7, 11) is 1.62. The number of methoxy groups -OCH3 is 1. The van der Waals surface area contributed by atoms with Gasteiger partial charge in [0.2, 0.25) is 5.88 Å². The maximum absolute atomic E-state index is 13.3. The van der Waals surface area contributed by atoms with Gasteiger partial charge >= 0.3 is 6.09 Å². The summed E-state index contributed by atoms with van der Waals surface area (Å²) in [6.07, 6.45) is 2.35. The fourth-order valence-electron chi connectivity index (χ4n) is 4.28. The molecule has 8 nitrogen and oxygen atoms in total. The summed E-state index contributed by atoms with van der Waals surface area (Å²) >= 11 is 0. The van der Waals surface area contributed by atoms with Gasteiger partial charge < -0.3 is 9.47 Å². The molecule has 0 unspecified atom stereocenters. The molecule has 1 saturated carbocycles. The third kappa shape index (κ3) is 4.60. The van der Waals surface area contributed by atoms with Crippen LogP contribution in [0.2, 0.25) is 0 Å². The van der Waals surface area contributed by atoms with Crippen molar-refractivity contribution in [2.24, 2.45) is 11.0 Å². The van der Waals surface area contributed by atoms with E-state index in [1.807, 2.05) is 45.9 Å². The molecule has 1 aliphatic carbocycles. The maximum Gasteiger partial charge on any atom is 0.417 e. The number of aryl methyl sites for hydroxylation is 1. The van der Waals surface area contributed by atoms with Crippen molar-refractivity contribution >= 4 is 17.0 Å². The highest BCUT2D eigenvalue weighted by Gasteiger charge is 2.41. The molecular weight excluding hydrogens is 382 g/mol. The van der Waals surface area contributed by atoms with E-state index in [0.717, 1.165) is 41.5 Å². The zero-order chi connectivity index (χ0) is 21.9. The monoisotopic (exact) mass is 411 g/mol. The van der Waals surface area contributed by atoms with Gasteiger partial charge in [-0.25, -0.2) is 9.78 Å². The van der Waals surface area contributed by atoms with E-state index in [-0.39, 0.29) is 17.8 Å². The normalized spacial score (nSPS) is 18.7. The van der Waals surface area contributed by atoms with Crippen LogP contribution >= 0.6 is 0 Å². The van der Waals surface area contributed by atoms with Gasteiger partial charge in [0.05, 0.1) is 12.6 Å². The number of amides is 1. The van der Waals surface area contributed by atoms with Gasteiger partial charge in [0, 0.05) is 34.5 Å². The zero-order valence-electron chi connectivity index (χ0n) is 18.3. The highest BCUT2D eigenvalue weighted by Crippen LogP contribution is 2.35. The first-order chi connectivity index (χ1) is 14.2. The Hall–Kier alpha value is -2.99. The highest BCUT2D eigenvalue weighted by atomic mass is 16.6. The minimum atomic E-state index is -0.444. The molecule has 8 heteroatoms. The number of pyridine rings is 1. The number of carbonyl (C=O) groups excluding carboxylic acids is 1. The molecule has 3 rings (SSSR count). The minimum absolute atomic E-state index is 0.0335. The average Bonchev–Trinajstić information content (AvgIpc) is 3.12. The summed E-state index contributed by atoms with van der Waals surface area (Å²) in [5.74, 6) is 1.16. The average molecular weight is 412 g/mol. The van der Waals surface area contributed by atoms with E-state index < -0.39 is 11.6 Å². The van der Waals surface area contributed by atoms with E-state index in [9.17, 15) is 4.79 Å². The number of rotatable bonds is 5. The fourth-order valence-corrected chi connectivity index (χ4v) is 4.28. The lowest BCUT2D eigenvalue weighted by molar-refractivity contribution is 0.0623. The molecule has 30 heavy (non-hydrogen) atoms. The highest BCUT2D eigenvalue weighted by molar-refractivity contribution is 5.84. The Labute approximate surface area is 176 Å². The van der Waals surface area contributed by atoms with Crippen LogP contribution in [0.5, 0.6) is 11.6 Å². The van der Waals surface area contributed by atoms with E-state index in [1.165, 1.54) is 0 Å². The molecule has 0 radical (unpaired) electrons. The van der Waals surface area contributed by atoms with Crippen molar-refractivity contribution < 1.29 is 14.3 Å². The second-order valence-corrected chi connectivity index (χ2v) is 8.74. The van der Waals surface area contributed by atoms with Crippen molar-refractivity contribution in [2.75, 3.05) is 13.7 Å². The molecule has 1 aromatic carbocycles. The molecule has 0 N–H and O–H groups in total. The Balaban J connectivity index is 1.88. The Morgan fingerprint density at radius 3 is 2.77 bits per heavy atom. The number of hydrogen-bond acceptors (Lipinski definition) is 5. The summed E-state index contributed by atoms with van der Waals surface area (Å²) in [5.41, 5.74) is 9.94. The molecule has 1 amide bonds. The van der Waals surface area contributed by atoms with Crippen molar-refractivity contribution in [1.29, 1.82) is 0 Å². The lowest BCUT2D eigenvalue weighted by Crippen LogP contribution is -2.54. The van der Waals surface area contributed by atoms with Gasteiger partial charge in [0.25, 0.3) is 0 Å². The standard InChI is InChI=1S/C22H29N5O3/c1-14-11-20(25-18-10-9-16(29-5)12-17(14)18)30-21(28)27(22(2,3)4)19-8-6-7-15(19)13-24-26-23/h9-12,15,19H,6-8,13H2,1-5H3/t15-,19+/m1/s1. The van der Waals surface area contributed by atoms with Crippen LogP contribution in [-0.4, -0.2) is 41.2 Å². The van der Waals surface area contributed by atoms with Crippen LogP contribution in [0.15, 0.2) is 29.4 Å². The van der Waals surface area contributed by atoms with Gasteiger partial charge in [-0.05, 0) is 75.7 Å². The predicted molar refractivity (Wildman–Crippen MR) is 116 cm³/mol. The quantitative estimate of drug-likeness (QED) is 0.361. The van der Waals surface area contributed by atoms with Crippen molar-refractivity contribution in [1.82, 2.24) is 9.88 Å². The Bertz CT molecular complexity index is 979. The molecule has 160 valence electrons. The summed E-state index contributed by atoms with van der Waals surface area (Å²) in [5, 5.41) is 4.70. The molecule has 0 saturated heterocycles. The summed E-state index contributed by atoms with van der Waals surface area (Å²) in [6.45, 7) is 8.30. The third-order valence-corrected chi connectivity index (χ3v) is 5.64. The number of azide groups is 1. The van der Waals surface area contributed by atoms with Gasteiger partial charge in [0.15, 0.2) is 0 Å². The largest absolute Gasteiger partial charge is 0.497 e. The Morgan fingerprint density at radius 1 is 1.33 bits per heavy atom. The van der Waals surface area contributed by atoms with E-state index in [4.69, 9.17) is 15.0 Å². The number of nitrogens with zero attached hydrogens (tertiary/aromatic N) is 5. The van der Waals surface area contributed by atoms with Gasteiger partial charge in [-0.3, -0.25) is 4.90 Å². The van der Waals surface area contributed by atoms with Gasteiger partial charge in [0.1, 0.15) is 5.75 Å². The Morgan fingerprint density at radius 2 is 2.10 bits per heavy atom. The molecule has 2 atom stereocenters. The van der Waals surface area contributed by atoms with E-state index in [2.05, 4.69) is 15.0 Å². The molecule has 1 heterocycles. The molecule has 2 aromatic rings. The first-order valence-electron chi connectivity index (χ1n) is 10.2. The van der Waals surface area contributed by atoms with Crippen LogP contribution in [0.4, 0.5) is 4.79 Å². The van der Waals surface area contributed by atoms with Crippen LogP contribution in [0.1, 0.15) is 45.6 Å². The van der Waals surface area contributed by atoms with Crippen molar-refractivity contribution in [3.63, 3.8) is 0 Å². The number of fused-ring (bicyclic) bond motifs is 1. The summed E-state index contributed by atoms with van der Waals surface area (Å²) < 4.78 is 11.0. The lowest BCUT2D eigenvalue weighted by atomic mass is 9.96. The molecule has 1 fully saturated rings. The molecular formula is C22H29N5O3. The first kappa shape index (κ1) is 21.7. The number of hydrogen-bond donors (Lipinski definition) is 0. The van der Waals surface area contributed by atoms with Crippen molar-refractivity contribution in [2.45, 2.75) is 58.5 Å². The third-order valence-electron chi connectivity index (χ3n) is 5.64. The lowest BCUT2D eigenvalue weighted by Gasteiger charge is -2.41. The predicted octanol–water partition coefficient (Wildman–Crippen LogP) is 5.63. The smallest absolute Gasteiger partial charge is 0.417 e. The topological polar surface area (TPSA) is 100 Å². The van der Waals surface area contributed by atoms with Crippen LogP contribution in [0.3, 0.4) is 0 Å². The Kier molecular flexibility index (Phi) is 6.37. The van der Waals surface area contributed by atoms with Crippen molar-refractivity contribution in [3.05, 3.63) is 40.3 Å². The molecule has 1 aliphatic rings. The molecule has 0 aliphatic heterocycles. The van der Waals surface area contributed by atoms with Gasteiger partial charge in [-0.15, -0.1) is 0 Å². The fraction of sp³-hybridized carbons (Fsp3) is 0.545. The van der Waals surface area contributed by atoms with E-state index in [1.54, 1.807) is 18.1 Å². The van der Waals surface area contributed by atoms with E-state index in [0.29, 0.717) is 6.54 Å².